The number of rotatable bonds is 8. The van der Waals surface area contributed by atoms with Crippen LogP contribution in [0.25, 0.3) is 10.8 Å². The number of fused-ring (bicyclic) bond motifs is 1. The average Bonchev–Trinajstić information content (AvgIpc) is 2.72. The topological polar surface area (TPSA) is 26.3 Å². The van der Waals surface area contributed by atoms with Gasteiger partial charge in [0, 0.05) is 5.39 Å². The molecule has 0 aromatic heterocycles. The van der Waals surface area contributed by atoms with Gasteiger partial charge in [-0.25, -0.2) is 18.0 Å². The zero-order chi connectivity index (χ0) is 20.8. The minimum Gasteiger partial charge on any atom is -0.459 e. The quantitative estimate of drug-likeness (QED) is 0.260. The Morgan fingerprint density at radius 2 is 1.69 bits per heavy atom. The van der Waals surface area contributed by atoms with Gasteiger partial charge in [0.15, 0.2) is 17.5 Å². The van der Waals surface area contributed by atoms with Crippen molar-refractivity contribution in [2.75, 3.05) is 0 Å². The van der Waals surface area contributed by atoms with Crippen molar-refractivity contribution < 1.29 is 22.7 Å². The Morgan fingerprint density at radius 3 is 2.41 bits per heavy atom. The highest BCUT2D eigenvalue weighted by molar-refractivity contribution is 5.95. The van der Waals surface area contributed by atoms with Crippen molar-refractivity contribution in [3.63, 3.8) is 0 Å². The third kappa shape index (κ3) is 5.52. The second-order valence-electron chi connectivity index (χ2n) is 8.17. The van der Waals surface area contributed by atoms with E-state index in [1.165, 1.54) is 56.7 Å². The summed E-state index contributed by atoms with van der Waals surface area (Å²) in [5.41, 5.74) is 0.223. The first-order chi connectivity index (χ1) is 14.0. The van der Waals surface area contributed by atoms with E-state index in [0.29, 0.717) is 5.92 Å². The van der Waals surface area contributed by atoms with Crippen LogP contribution in [0.4, 0.5) is 13.2 Å². The molecule has 0 atom stereocenters. The highest BCUT2D eigenvalue weighted by Crippen LogP contribution is 2.31. The van der Waals surface area contributed by atoms with Crippen LogP contribution < -0.4 is 0 Å². The average molecular weight is 406 g/mol. The Kier molecular flexibility index (Phi) is 7.57. The third-order valence-corrected chi connectivity index (χ3v) is 5.99. The van der Waals surface area contributed by atoms with Crippen LogP contribution in [0.1, 0.15) is 81.5 Å². The van der Waals surface area contributed by atoms with Gasteiger partial charge in [0.1, 0.15) is 6.10 Å². The van der Waals surface area contributed by atoms with Crippen LogP contribution in [-0.2, 0) is 4.74 Å². The van der Waals surface area contributed by atoms with Crippen molar-refractivity contribution in [3.8, 4) is 0 Å². The van der Waals surface area contributed by atoms with Gasteiger partial charge in [-0.15, -0.1) is 0 Å². The van der Waals surface area contributed by atoms with Gasteiger partial charge in [0.05, 0.1) is 5.56 Å². The molecule has 0 N–H and O–H groups in total. The van der Waals surface area contributed by atoms with Gasteiger partial charge in [-0.2, -0.15) is 0 Å². The number of carbonyl (C=O) groups is 1. The molecular weight excluding hydrogens is 377 g/mol. The predicted octanol–water partition coefficient (Wildman–Crippen LogP) is 7.33. The Balaban J connectivity index is 1.51. The number of carbonyl (C=O) groups excluding carboxylic acids is 1. The van der Waals surface area contributed by atoms with Crippen molar-refractivity contribution in [1.82, 2.24) is 0 Å². The van der Waals surface area contributed by atoms with E-state index in [2.05, 4.69) is 6.92 Å². The van der Waals surface area contributed by atoms with Gasteiger partial charge in [0.2, 0.25) is 0 Å². The maximum Gasteiger partial charge on any atom is 0.338 e. The summed E-state index contributed by atoms with van der Waals surface area (Å²) in [6.07, 6.45) is 11.4. The lowest BCUT2D eigenvalue weighted by molar-refractivity contribution is 0.0161. The van der Waals surface area contributed by atoms with Crippen molar-refractivity contribution >= 4 is 16.7 Å². The maximum absolute atomic E-state index is 13.8. The maximum atomic E-state index is 13.8. The van der Waals surface area contributed by atoms with E-state index in [1.807, 2.05) is 0 Å². The van der Waals surface area contributed by atoms with Gasteiger partial charge in [-0.1, -0.05) is 51.5 Å². The van der Waals surface area contributed by atoms with E-state index in [9.17, 15) is 18.0 Å². The van der Waals surface area contributed by atoms with Crippen molar-refractivity contribution in [2.24, 2.45) is 5.92 Å². The van der Waals surface area contributed by atoms with Crippen LogP contribution in [0.15, 0.2) is 24.3 Å². The molecule has 2 aromatic carbocycles. The second-order valence-corrected chi connectivity index (χ2v) is 8.17. The highest BCUT2D eigenvalue weighted by Gasteiger charge is 2.24. The smallest absolute Gasteiger partial charge is 0.338 e. The van der Waals surface area contributed by atoms with E-state index in [4.69, 9.17) is 4.74 Å². The number of hydrogen-bond acceptors (Lipinski definition) is 2. The molecule has 158 valence electrons. The number of halogens is 3. The lowest BCUT2D eigenvalue weighted by atomic mass is 9.84. The fourth-order valence-corrected chi connectivity index (χ4v) is 4.23. The summed E-state index contributed by atoms with van der Waals surface area (Å²) in [6.45, 7) is 2.22. The molecule has 3 rings (SSSR count). The Labute approximate surface area is 170 Å². The van der Waals surface area contributed by atoms with Crippen molar-refractivity contribution in [2.45, 2.75) is 77.2 Å². The van der Waals surface area contributed by atoms with Crippen LogP contribution in [0.2, 0.25) is 0 Å². The van der Waals surface area contributed by atoms with E-state index in [-0.39, 0.29) is 22.4 Å². The first-order valence-corrected chi connectivity index (χ1v) is 10.8. The standard InChI is InChI=1S/C24H29F3O2/c1-2-3-4-5-6-7-16-8-11-19(12-9-16)29-24(28)17-10-13-20-18(14-17)15-21(25)23(27)22(20)26/h10,13-16,19H,2-9,11-12H2,1H3. The molecule has 0 amide bonds. The molecule has 5 heteroatoms. The van der Waals surface area contributed by atoms with Gasteiger partial charge >= 0.3 is 5.97 Å². The lowest BCUT2D eigenvalue weighted by Gasteiger charge is -2.28. The fourth-order valence-electron chi connectivity index (χ4n) is 4.23. The molecule has 1 aliphatic rings. The van der Waals surface area contributed by atoms with E-state index in [0.717, 1.165) is 31.7 Å². The summed E-state index contributed by atoms with van der Waals surface area (Å²) >= 11 is 0. The van der Waals surface area contributed by atoms with Crippen LogP contribution in [0.3, 0.4) is 0 Å². The second kappa shape index (κ2) is 10.1. The number of ether oxygens (including phenoxy) is 1. The minimum atomic E-state index is -1.50. The Bertz CT molecular complexity index is 842. The molecule has 2 aromatic rings. The number of unbranched alkanes of at least 4 members (excludes halogenated alkanes) is 4. The Morgan fingerprint density at radius 1 is 0.966 bits per heavy atom. The summed E-state index contributed by atoms with van der Waals surface area (Å²) in [5.74, 6) is -3.80. The van der Waals surface area contributed by atoms with Crippen LogP contribution >= 0.6 is 0 Å². The molecule has 1 aliphatic carbocycles. The number of hydrogen-bond donors (Lipinski definition) is 0. The Hall–Kier alpha value is -2.04. The van der Waals surface area contributed by atoms with Crippen LogP contribution in [-0.4, -0.2) is 12.1 Å². The summed E-state index contributed by atoms with van der Waals surface area (Å²) < 4.78 is 46.3. The van der Waals surface area contributed by atoms with E-state index in [1.54, 1.807) is 0 Å². The summed E-state index contributed by atoms with van der Waals surface area (Å²) in [7, 11) is 0. The zero-order valence-electron chi connectivity index (χ0n) is 17.0. The van der Waals surface area contributed by atoms with E-state index >= 15 is 0 Å². The molecule has 1 fully saturated rings. The molecule has 0 unspecified atom stereocenters. The lowest BCUT2D eigenvalue weighted by Crippen LogP contribution is -2.24. The molecule has 1 saturated carbocycles. The molecule has 29 heavy (non-hydrogen) atoms. The van der Waals surface area contributed by atoms with Crippen molar-refractivity contribution in [1.29, 1.82) is 0 Å². The van der Waals surface area contributed by atoms with Crippen LogP contribution in [0, 0.1) is 23.4 Å². The molecule has 0 saturated heterocycles. The largest absolute Gasteiger partial charge is 0.459 e. The molecule has 0 heterocycles. The number of benzene rings is 2. The SMILES string of the molecule is CCCCCCCC1CCC(OC(=O)c2ccc3c(F)c(F)c(F)cc3c2)CC1. The van der Waals surface area contributed by atoms with Gasteiger partial charge in [-0.3, -0.25) is 0 Å². The molecule has 2 nitrogen and oxygen atoms in total. The van der Waals surface area contributed by atoms with Crippen molar-refractivity contribution in [3.05, 3.63) is 47.3 Å². The summed E-state index contributed by atoms with van der Waals surface area (Å²) in [4.78, 5) is 12.5. The summed E-state index contributed by atoms with van der Waals surface area (Å²) in [6, 6.07) is 4.94. The highest BCUT2D eigenvalue weighted by atomic mass is 19.2. The van der Waals surface area contributed by atoms with Gasteiger partial charge in [0.25, 0.3) is 0 Å². The first-order valence-electron chi connectivity index (χ1n) is 10.8. The number of esters is 1. The monoisotopic (exact) mass is 406 g/mol. The minimum absolute atomic E-state index is 0.0557. The third-order valence-electron chi connectivity index (χ3n) is 5.99. The van der Waals surface area contributed by atoms with Gasteiger partial charge < -0.3 is 4.74 Å². The predicted molar refractivity (Wildman–Crippen MR) is 108 cm³/mol. The first kappa shape index (κ1) is 21.7. The van der Waals surface area contributed by atoms with Gasteiger partial charge in [-0.05, 0) is 55.2 Å². The zero-order valence-corrected chi connectivity index (χ0v) is 17.0. The molecule has 0 radical (unpaired) electrons. The van der Waals surface area contributed by atoms with E-state index < -0.39 is 23.4 Å². The molecule has 0 aliphatic heterocycles. The normalized spacial score (nSPS) is 19.4. The molecule has 0 bridgehead atoms. The fraction of sp³-hybridized carbons (Fsp3) is 0.542. The summed E-state index contributed by atoms with van der Waals surface area (Å²) in [5, 5.41) is 0.0857. The van der Waals surface area contributed by atoms with Crippen LogP contribution in [0.5, 0.6) is 0 Å². The molecular formula is C24H29F3O2. The molecule has 0 spiro atoms.